The molecule has 1 N–H and O–H groups in total. The van der Waals surface area contributed by atoms with Crippen molar-refractivity contribution in [1.82, 2.24) is 0 Å². The highest BCUT2D eigenvalue weighted by Crippen LogP contribution is 2.39. The standard InChI is InChI=1S/C23H32O4S/c1-8-22(4,5)17-10-13-21(27-23(6,7)9-2)20(15-17)19-12-11-18(14-16(19)3)28(24,25)26/h10-15H,8-9H2,1-7H3,(H,24,25,26). The zero-order valence-electron chi connectivity index (χ0n) is 18.0. The van der Waals surface area contributed by atoms with Gasteiger partial charge in [0.05, 0.1) is 4.90 Å². The Labute approximate surface area is 169 Å². The topological polar surface area (TPSA) is 63.6 Å². The van der Waals surface area contributed by atoms with Gasteiger partial charge in [-0.25, -0.2) is 0 Å². The number of rotatable bonds is 7. The first-order chi connectivity index (χ1) is 12.8. The van der Waals surface area contributed by atoms with Crippen LogP contribution in [0.3, 0.4) is 0 Å². The van der Waals surface area contributed by atoms with Crippen molar-refractivity contribution in [3.05, 3.63) is 47.5 Å². The first kappa shape index (κ1) is 22.4. The van der Waals surface area contributed by atoms with Crippen LogP contribution in [-0.2, 0) is 15.5 Å². The van der Waals surface area contributed by atoms with E-state index in [1.54, 1.807) is 6.07 Å². The van der Waals surface area contributed by atoms with Crippen LogP contribution in [0, 0.1) is 6.92 Å². The summed E-state index contributed by atoms with van der Waals surface area (Å²) in [6, 6.07) is 10.9. The molecular formula is C23H32O4S. The fourth-order valence-electron chi connectivity index (χ4n) is 2.92. The molecule has 4 nitrogen and oxygen atoms in total. The number of hydrogen-bond donors (Lipinski definition) is 1. The van der Waals surface area contributed by atoms with Crippen molar-refractivity contribution < 1.29 is 17.7 Å². The summed E-state index contributed by atoms with van der Waals surface area (Å²) in [5.41, 5.74) is 3.47. The highest BCUT2D eigenvalue weighted by atomic mass is 32.2. The van der Waals surface area contributed by atoms with Crippen LogP contribution in [-0.4, -0.2) is 18.6 Å². The summed E-state index contributed by atoms with van der Waals surface area (Å²) >= 11 is 0. The van der Waals surface area contributed by atoms with Gasteiger partial charge in [-0.2, -0.15) is 8.42 Å². The molecule has 2 aromatic rings. The molecule has 0 amide bonds. The second-order valence-electron chi connectivity index (χ2n) is 8.62. The summed E-state index contributed by atoms with van der Waals surface area (Å²) in [6.45, 7) is 14.6. The molecule has 0 bridgehead atoms. The first-order valence-corrected chi connectivity index (χ1v) is 11.2. The summed E-state index contributed by atoms with van der Waals surface area (Å²) in [5.74, 6) is 0.769. The van der Waals surface area contributed by atoms with Crippen molar-refractivity contribution in [2.45, 2.75) is 77.2 Å². The van der Waals surface area contributed by atoms with Crippen LogP contribution < -0.4 is 4.74 Å². The highest BCUT2D eigenvalue weighted by molar-refractivity contribution is 7.85. The third-order valence-corrected chi connectivity index (χ3v) is 6.52. The van der Waals surface area contributed by atoms with E-state index in [4.69, 9.17) is 4.74 Å². The average molecular weight is 405 g/mol. The Balaban J connectivity index is 2.69. The van der Waals surface area contributed by atoms with Gasteiger partial charge in [0, 0.05) is 5.56 Å². The molecule has 28 heavy (non-hydrogen) atoms. The molecule has 0 saturated heterocycles. The number of aryl methyl sites for hydroxylation is 1. The Kier molecular flexibility index (Phi) is 6.31. The predicted octanol–water partition coefficient (Wildman–Crippen LogP) is 6.16. The second-order valence-corrected chi connectivity index (χ2v) is 10.0. The summed E-state index contributed by atoms with van der Waals surface area (Å²) in [6.07, 6.45) is 1.85. The molecule has 0 aliphatic heterocycles. The van der Waals surface area contributed by atoms with Crippen LogP contribution in [0.5, 0.6) is 5.75 Å². The van der Waals surface area contributed by atoms with Crippen molar-refractivity contribution in [1.29, 1.82) is 0 Å². The van der Waals surface area contributed by atoms with Gasteiger partial charge in [0.15, 0.2) is 0 Å². The molecular weight excluding hydrogens is 372 g/mol. The summed E-state index contributed by atoms with van der Waals surface area (Å²) in [4.78, 5) is -0.102. The maximum atomic E-state index is 11.5. The number of hydrogen-bond acceptors (Lipinski definition) is 3. The van der Waals surface area contributed by atoms with E-state index in [1.807, 2.05) is 13.0 Å². The van der Waals surface area contributed by atoms with Crippen LogP contribution in [0.25, 0.3) is 11.1 Å². The zero-order valence-corrected chi connectivity index (χ0v) is 18.8. The molecule has 0 radical (unpaired) electrons. The van der Waals surface area contributed by atoms with E-state index in [1.165, 1.54) is 17.7 Å². The lowest BCUT2D eigenvalue weighted by Gasteiger charge is -2.29. The Morgan fingerprint density at radius 2 is 1.57 bits per heavy atom. The minimum absolute atomic E-state index is 0.00976. The zero-order chi connectivity index (χ0) is 21.3. The lowest BCUT2D eigenvalue weighted by atomic mass is 9.81. The lowest BCUT2D eigenvalue weighted by molar-refractivity contribution is 0.106. The average Bonchev–Trinajstić information content (AvgIpc) is 2.61. The monoisotopic (exact) mass is 404 g/mol. The first-order valence-electron chi connectivity index (χ1n) is 9.73. The summed E-state index contributed by atoms with van der Waals surface area (Å²) in [7, 11) is -4.23. The molecule has 2 rings (SSSR count). The van der Waals surface area contributed by atoms with E-state index < -0.39 is 10.1 Å². The molecule has 0 aromatic heterocycles. The minimum atomic E-state index is -4.23. The van der Waals surface area contributed by atoms with Gasteiger partial charge < -0.3 is 4.74 Å². The number of ether oxygens (including phenoxy) is 1. The molecule has 0 aliphatic rings. The second kappa shape index (κ2) is 7.88. The Bertz CT molecular complexity index is 957. The van der Waals surface area contributed by atoms with Crippen molar-refractivity contribution in [2.24, 2.45) is 0 Å². The fourth-order valence-corrected chi connectivity index (χ4v) is 3.49. The fraction of sp³-hybridized carbons (Fsp3) is 0.478. The Hall–Kier alpha value is -1.85. The van der Waals surface area contributed by atoms with Crippen LogP contribution in [0.1, 0.15) is 65.5 Å². The van der Waals surface area contributed by atoms with E-state index in [-0.39, 0.29) is 15.9 Å². The summed E-state index contributed by atoms with van der Waals surface area (Å²) < 4.78 is 38.6. The molecule has 0 heterocycles. The third-order valence-electron chi connectivity index (χ3n) is 5.67. The molecule has 0 fully saturated rings. The highest BCUT2D eigenvalue weighted by Gasteiger charge is 2.24. The van der Waals surface area contributed by atoms with Crippen molar-refractivity contribution in [3.63, 3.8) is 0 Å². The molecule has 0 unspecified atom stereocenters. The van der Waals surface area contributed by atoms with Gasteiger partial charge in [-0.1, -0.05) is 39.8 Å². The summed E-state index contributed by atoms with van der Waals surface area (Å²) in [5, 5.41) is 0. The van der Waals surface area contributed by atoms with E-state index in [0.717, 1.165) is 35.3 Å². The SMILES string of the molecule is CCC(C)(C)Oc1ccc(C(C)(C)CC)cc1-c1ccc(S(=O)(=O)O)cc1C. The maximum absolute atomic E-state index is 11.5. The normalized spacial score (nSPS) is 12.9. The van der Waals surface area contributed by atoms with E-state index >= 15 is 0 Å². The quantitative estimate of drug-likeness (QED) is 0.561. The van der Waals surface area contributed by atoms with Gasteiger partial charge in [-0.15, -0.1) is 0 Å². The molecule has 2 aromatic carbocycles. The molecule has 5 heteroatoms. The van der Waals surface area contributed by atoms with E-state index in [2.05, 4.69) is 53.7 Å². The van der Waals surface area contributed by atoms with Gasteiger partial charge in [-0.05, 0) is 80.0 Å². The number of benzene rings is 2. The molecule has 0 saturated carbocycles. The smallest absolute Gasteiger partial charge is 0.294 e. The Morgan fingerprint density at radius 1 is 0.929 bits per heavy atom. The van der Waals surface area contributed by atoms with Crippen molar-refractivity contribution >= 4 is 10.1 Å². The molecule has 154 valence electrons. The van der Waals surface area contributed by atoms with Crippen LogP contribution in [0.4, 0.5) is 0 Å². The molecule has 0 aliphatic carbocycles. The van der Waals surface area contributed by atoms with Crippen LogP contribution in [0.15, 0.2) is 41.3 Å². The molecule has 0 atom stereocenters. The van der Waals surface area contributed by atoms with Gasteiger partial charge in [0.1, 0.15) is 11.4 Å². The largest absolute Gasteiger partial charge is 0.487 e. The van der Waals surface area contributed by atoms with Crippen molar-refractivity contribution in [3.8, 4) is 16.9 Å². The molecule has 0 spiro atoms. The van der Waals surface area contributed by atoms with Gasteiger partial charge in [0.2, 0.25) is 0 Å². The third kappa shape index (κ3) is 4.95. The van der Waals surface area contributed by atoms with Crippen molar-refractivity contribution in [2.75, 3.05) is 0 Å². The predicted molar refractivity (Wildman–Crippen MR) is 115 cm³/mol. The minimum Gasteiger partial charge on any atom is -0.487 e. The van der Waals surface area contributed by atoms with Crippen LogP contribution >= 0.6 is 0 Å². The van der Waals surface area contributed by atoms with E-state index in [9.17, 15) is 13.0 Å². The Morgan fingerprint density at radius 3 is 2.07 bits per heavy atom. The van der Waals surface area contributed by atoms with Gasteiger partial charge in [-0.3, -0.25) is 4.55 Å². The van der Waals surface area contributed by atoms with Gasteiger partial charge in [0.25, 0.3) is 10.1 Å². The van der Waals surface area contributed by atoms with Crippen LogP contribution in [0.2, 0.25) is 0 Å². The lowest BCUT2D eigenvalue weighted by Crippen LogP contribution is -2.27. The van der Waals surface area contributed by atoms with E-state index in [0.29, 0.717) is 0 Å². The van der Waals surface area contributed by atoms with Gasteiger partial charge >= 0.3 is 0 Å². The maximum Gasteiger partial charge on any atom is 0.294 e.